The van der Waals surface area contributed by atoms with Crippen LogP contribution in [0.5, 0.6) is 0 Å². The van der Waals surface area contributed by atoms with Gasteiger partial charge in [0.2, 0.25) is 5.60 Å². The van der Waals surface area contributed by atoms with Gasteiger partial charge in [0.25, 0.3) is 0 Å². The van der Waals surface area contributed by atoms with Crippen molar-refractivity contribution in [1.29, 1.82) is 5.26 Å². The number of benzene rings is 2. The van der Waals surface area contributed by atoms with E-state index in [4.69, 9.17) is 4.74 Å². The molecule has 1 fully saturated rings. The Hall–Kier alpha value is -2.11. The number of aryl methyl sites for hydroxylation is 1. The van der Waals surface area contributed by atoms with E-state index < -0.39 is 5.60 Å². The SMILES string of the molecule is Cc1ccc(C2(C#N)OC2c2ccccc2)cc1. The van der Waals surface area contributed by atoms with Crippen molar-refractivity contribution in [1.82, 2.24) is 0 Å². The first-order chi connectivity index (χ1) is 8.76. The zero-order valence-corrected chi connectivity index (χ0v) is 10.1. The minimum Gasteiger partial charge on any atom is -0.340 e. The molecule has 18 heavy (non-hydrogen) atoms. The summed E-state index contributed by atoms with van der Waals surface area (Å²) >= 11 is 0. The smallest absolute Gasteiger partial charge is 0.210 e. The summed E-state index contributed by atoms with van der Waals surface area (Å²) < 4.78 is 5.70. The monoisotopic (exact) mass is 235 g/mol. The Balaban J connectivity index is 1.96. The van der Waals surface area contributed by atoms with Crippen molar-refractivity contribution in [2.45, 2.75) is 18.6 Å². The lowest BCUT2D eigenvalue weighted by atomic mass is 9.92. The van der Waals surface area contributed by atoms with Crippen LogP contribution in [0.2, 0.25) is 0 Å². The molecule has 0 aromatic heterocycles. The lowest BCUT2D eigenvalue weighted by molar-refractivity contribution is 0.340. The van der Waals surface area contributed by atoms with E-state index in [1.165, 1.54) is 5.56 Å². The van der Waals surface area contributed by atoms with Crippen molar-refractivity contribution in [2.24, 2.45) is 0 Å². The second-order valence-electron chi connectivity index (χ2n) is 4.62. The molecule has 0 N–H and O–H groups in total. The first-order valence-corrected chi connectivity index (χ1v) is 5.97. The van der Waals surface area contributed by atoms with E-state index in [-0.39, 0.29) is 6.10 Å². The first kappa shape index (κ1) is 11.0. The Morgan fingerprint density at radius 1 is 1.06 bits per heavy atom. The summed E-state index contributed by atoms with van der Waals surface area (Å²) in [6.07, 6.45) is -0.147. The second-order valence-corrected chi connectivity index (χ2v) is 4.62. The summed E-state index contributed by atoms with van der Waals surface area (Å²) in [5.41, 5.74) is 2.38. The average Bonchev–Trinajstić information content (AvgIpc) is 3.17. The van der Waals surface area contributed by atoms with Crippen LogP contribution in [-0.2, 0) is 10.3 Å². The molecule has 1 aliphatic rings. The molecular formula is C16H13NO. The summed E-state index contributed by atoms with van der Waals surface area (Å²) in [6, 6.07) is 20.2. The number of rotatable bonds is 2. The van der Waals surface area contributed by atoms with Crippen LogP contribution in [0, 0.1) is 18.3 Å². The minimum atomic E-state index is -0.797. The zero-order valence-electron chi connectivity index (χ0n) is 10.1. The Bertz CT molecular complexity index is 597. The summed E-state index contributed by atoms with van der Waals surface area (Å²) in [6.45, 7) is 2.03. The van der Waals surface area contributed by atoms with Gasteiger partial charge in [-0.2, -0.15) is 5.26 Å². The highest BCUT2D eigenvalue weighted by Gasteiger charge is 2.59. The maximum atomic E-state index is 9.44. The molecule has 2 nitrogen and oxygen atoms in total. The summed E-state index contributed by atoms with van der Waals surface area (Å²) in [5.74, 6) is 0. The van der Waals surface area contributed by atoms with Crippen molar-refractivity contribution in [3.63, 3.8) is 0 Å². The minimum absolute atomic E-state index is 0.147. The fraction of sp³-hybridized carbons (Fsp3) is 0.188. The topological polar surface area (TPSA) is 36.3 Å². The van der Waals surface area contributed by atoms with E-state index in [0.717, 1.165) is 11.1 Å². The van der Waals surface area contributed by atoms with Gasteiger partial charge in [-0.1, -0.05) is 60.2 Å². The molecule has 1 saturated heterocycles. The largest absolute Gasteiger partial charge is 0.340 e. The van der Waals surface area contributed by atoms with Crippen LogP contribution in [0.25, 0.3) is 0 Å². The molecule has 0 radical (unpaired) electrons. The van der Waals surface area contributed by atoms with Gasteiger partial charge in [0.1, 0.15) is 12.2 Å². The number of ether oxygens (including phenoxy) is 1. The number of nitrogens with zero attached hydrogens (tertiary/aromatic N) is 1. The molecular weight excluding hydrogens is 222 g/mol. The number of hydrogen-bond acceptors (Lipinski definition) is 2. The van der Waals surface area contributed by atoms with Crippen molar-refractivity contribution in [3.8, 4) is 6.07 Å². The third-order valence-electron chi connectivity index (χ3n) is 3.36. The first-order valence-electron chi connectivity index (χ1n) is 5.97. The highest BCUT2D eigenvalue weighted by molar-refractivity contribution is 5.42. The lowest BCUT2D eigenvalue weighted by Crippen LogP contribution is -2.06. The van der Waals surface area contributed by atoms with Gasteiger partial charge < -0.3 is 4.74 Å². The highest BCUT2D eigenvalue weighted by Crippen LogP contribution is 2.56. The van der Waals surface area contributed by atoms with Crippen LogP contribution in [0.3, 0.4) is 0 Å². The predicted octanol–water partition coefficient (Wildman–Crippen LogP) is 3.49. The van der Waals surface area contributed by atoms with Crippen LogP contribution >= 0.6 is 0 Å². The van der Waals surface area contributed by atoms with Gasteiger partial charge >= 0.3 is 0 Å². The van der Waals surface area contributed by atoms with Gasteiger partial charge in [0.05, 0.1) is 0 Å². The Morgan fingerprint density at radius 3 is 2.33 bits per heavy atom. The van der Waals surface area contributed by atoms with Gasteiger partial charge in [-0.25, -0.2) is 0 Å². The van der Waals surface area contributed by atoms with Crippen LogP contribution in [0.1, 0.15) is 22.8 Å². The lowest BCUT2D eigenvalue weighted by Gasteiger charge is -2.05. The van der Waals surface area contributed by atoms with Gasteiger partial charge in [0.15, 0.2) is 0 Å². The third kappa shape index (κ3) is 1.61. The molecule has 2 atom stereocenters. The highest BCUT2D eigenvalue weighted by atomic mass is 16.6. The van der Waals surface area contributed by atoms with Crippen molar-refractivity contribution in [2.75, 3.05) is 0 Å². The molecule has 0 saturated carbocycles. The molecule has 2 aromatic rings. The normalized spacial score (nSPS) is 25.4. The molecule has 0 aliphatic carbocycles. The van der Waals surface area contributed by atoms with Gasteiger partial charge in [-0.3, -0.25) is 0 Å². The second kappa shape index (κ2) is 3.97. The van der Waals surface area contributed by atoms with Crippen LogP contribution < -0.4 is 0 Å². The van der Waals surface area contributed by atoms with Gasteiger partial charge in [-0.05, 0) is 12.5 Å². The molecule has 0 bridgehead atoms. The third-order valence-corrected chi connectivity index (χ3v) is 3.36. The molecule has 2 heteroatoms. The molecule has 1 aliphatic heterocycles. The molecule has 2 unspecified atom stereocenters. The summed E-state index contributed by atoms with van der Waals surface area (Å²) in [4.78, 5) is 0. The van der Waals surface area contributed by atoms with Crippen LogP contribution in [-0.4, -0.2) is 0 Å². The van der Waals surface area contributed by atoms with Crippen LogP contribution in [0.15, 0.2) is 54.6 Å². The quantitative estimate of drug-likeness (QED) is 0.747. The van der Waals surface area contributed by atoms with E-state index in [2.05, 4.69) is 6.07 Å². The predicted molar refractivity (Wildman–Crippen MR) is 68.7 cm³/mol. The number of epoxide rings is 1. The van der Waals surface area contributed by atoms with E-state index in [9.17, 15) is 5.26 Å². The standard InChI is InChI=1S/C16H13NO/c1-12-7-9-14(10-8-12)16(11-17)15(18-16)13-5-3-2-4-6-13/h2-10,15H,1H3. The van der Waals surface area contributed by atoms with Gasteiger partial charge in [0, 0.05) is 5.56 Å². The molecule has 0 amide bonds. The summed E-state index contributed by atoms with van der Waals surface area (Å²) in [7, 11) is 0. The molecule has 1 heterocycles. The number of nitriles is 1. The van der Waals surface area contributed by atoms with Crippen molar-refractivity contribution < 1.29 is 4.74 Å². The Kier molecular flexibility index (Phi) is 2.43. The van der Waals surface area contributed by atoms with E-state index in [1.807, 2.05) is 61.5 Å². The fourth-order valence-electron chi connectivity index (χ4n) is 2.25. The maximum Gasteiger partial charge on any atom is 0.210 e. The molecule has 0 spiro atoms. The molecule has 3 rings (SSSR count). The Labute approximate surface area is 106 Å². The maximum absolute atomic E-state index is 9.44. The van der Waals surface area contributed by atoms with Gasteiger partial charge in [-0.15, -0.1) is 0 Å². The molecule has 88 valence electrons. The van der Waals surface area contributed by atoms with E-state index in [1.54, 1.807) is 0 Å². The van der Waals surface area contributed by atoms with E-state index in [0.29, 0.717) is 0 Å². The van der Waals surface area contributed by atoms with Crippen molar-refractivity contribution in [3.05, 3.63) is 71.3 Å². The fourth-order valence-corrected chi connectivity index (χ4v) is 2.25. The van der Waals surface area contributed by atoms with E-state index >= 15 is 0 Å². The van der Waals surface area contributed by atoms with Crippen molar-refractivity contribution >= 4 is 0 Å². The molecule has 2 aromatic carbocycles. The average molecular weight is 235 g/mol. The summed E-state index contributed by atoms with van der Waals surface area (Å²) in [5, 5.41) is 9.44. The Morgan fingerprint density at radius 2 is 1.72 bits per heavy atom. The number of hydrogen-bond donors (Lipinski definition) is 0. The zero-order chi connectivity index (χ0) is 12.6. The van der Waals surface area contributed by atoms with Crippen LogP contribution in [0.4, 0.5) is 0 Å².